The average molecular weight is 433 g/mol. The summed E-state index contributed by atoms with van der Waals surface area (Å²) in [5, 5.41) is 5.81. The molecule has 1 aliphatic rings. The number of carbonyl (C=O) groups is 2. The summed E-state index contributed by atoms with van der Waals surface area (Å²) in [6.45, 7) is 5.69. The number of esters is 1. The summed E-state index contributed by atoms with van der Waals surface area (Å²) < 4.78 is 10.9. The van der Waals surface area contributed by atoms with E-state index in [0.717, 1.165) is 6.42 Å². The average Bonchev–Trinajstić information content (AvgIpc) is 3.12. The van der Waals surface area contributed by atoms with Gasteiger partial charge in [-0.3, -0.25) is 4.79 Å². The van der Waals surface area contributed by atoms with E-state index in [0.29, 0.717) is 34.5 Å². The third-order valence-electron chi connectivity index (χ3n) is 4.33. The summed E-state index contributed by atoms with van der Waals surface area (Å²) in [6, 6.07) is 3.70. The molecule has 2 aromatic heterocycles. The molecule has 0 aliphatic carbocycles. The number of nitrogens with zero attached hydrogens (tertiary/aromatic N) is 1. The van der Waals surface area contributed by atoms with Crippen molar-refractivity contribution in [1.29, 1.82) is 0 Å². The van der Waals surface area contributed by atoms with Gasteiger partial charge in [0.1, 0.15) is 17.6 Å². The first kappa shape index (κ1) is 21.7. The lowest BCUT2D eigenvalue weighted by Crippen LogP contribution is -2.46. The van der Waals surface area contributed by atoms with Crippen molar-refractivity contribution in [3.05, 3.63) is 57.0 Å². The van der Waals surface area contributed by atoms with Crippen molar-refractivity contribution in [1.82, 2.24) is 20.6 Å². The standard InChI is InChI=1S/C20H24N4O5S/c1-4-6-12-9-15(25)23-20(21-12)30-10-13-16(18(26)28-5-2)17(24-19(27)22-13)14-8-7-11(3)29-14/h7-9,17H,4-6,10H2,1-3H3,(H,21,23,25)(H2,22,24,27). The first-order valence-electron chi connectivity index (χ1n) is 9.68. The number of hydrogen-bond acceptors (Lipinski definition) is 7. The van der Waals surface area contributed by atoms with E-state index >= 15 is 0 Å². The van der Waals surface area contributed by atoms with Crippen molar-refractivity contribution < 1.29 is 18.7 Å². The summed E-state index contributed by atoms with van der Waals surface area (Å²) in [4.78, 5) is 44.0. The van der Waals surface area contributed by atoms with Crippen LogP contribution in [0.1, 0.15) is 43.5 Å². The number of thioether (sulfide) groups is 1. The maximum atomic E-state index is 12.7. The lowest BCUT2D eigenvalue weighted by molar-refractivity contribution is -0.139. The zero-order valence-electron chi connectivity index (χ0n) is 17.0. The second-order valence-corrected chi connectivity index (χ2v) is 7.64. The third kappa shape index (κ3) is 5.12. The van der Waals surface area contributed by atoms with E-state index in [1.165, 1.54) is 17.8 Å². The Bertz CT molecular complexity index is 1030. The van der Waals surface area contributed by atoms with Crippen LogP contribution in [0.4, 0.5) is 4.79 Å². The molecule has 1 aliphatic heterocycles. The summed E-state index contributed by atoms with van der Waals surface area (Å²) in [5.41, 5.74) is 1.09. The van der Waals surface area contributed by atoms with Crippen LogP contribution in [0, 0.1) is 6.92 Å². The molecule has 0 saturated carbocycles. The molecular formula is C20H24N4O5S. The van der Waals surface area contributed by atoms with E-state index in [1.807, 2.05) is 6.92 Å². The number of furan rings is 1. The monoisotopic (exact) mass is 432 g/mol. The van der Waals surface area contributed by atoms with Gasteiger partial charge in [-0.25, -0.2) is 14.6 Å². The molecule has 3 heterocycles. The minimum absolute atomic E-state index is 0.189. The molecule has 2 aromatic rings. The van der Waals surface area contributed by atoms with Crippen molar-refractivity contribution in [3.63, 3.8) is 0 Å². The maximum absolute atomic E-state index is 12.7. The number of aromatic nitrogens is 2. The number of rotatable bonds is 8. The quantitative estimate of drug-likeness (QED) is 0.332. The number of H-pyrrole nitrogens is 1. The van der Waals surface area contributed by atoms with Crippen molar-refractivity contribution in [2.75, 3.05) is 12.4 Å². The van der Waals surface area contributed by atoms with Gasteiger partial charge in [0, 0.05) is 23.2 Å². The highest BCUT2D eigenvalue weighted by Crippen LogP contribution is 2.31. The zero-order chi connectivity index (χ0) is 21.7. The number of urea groups is 1. The van der Waals surface area contributed by atoms with Gasteiger partial charge in [0.25, 0.3) is 5.56 Å². The molecule has 1 unspecified atom stereocenters. The van der Waals surface area contributed by atoms with Crippen molar-refractivity contribution in [2.24, 2.45) is 0 Å². The Kier molecular flexibility index (Phi) is 6.99. The fourth-order valence-corrected chi connectivity index (χ4v) is 3.94. The summed E-state index contributed by atoms with van der Waals surface area (Å²) >= 11 is 1.22. The summed E-state index contributed by atoms with van der Waals surface area (Å²) in [6.07, 6.45) is 1.56. The fraction of sp³-hybridized carbons (Fsp3) is 0.400. The van der Waals surface area contributed by atoms with Crippen LogP contribution in [0.2, 0.25) is 0 Å². The Morgan fingerprint density at radius 2 is 2.10 bits per heavy atom. The topological polar surface area (TPSA) is 126 Å². The number of aryl methyl sites for hydroxylation is 2. The molecule has 160 valence electrons. The first-order chi connectivity index (χ1) is 14.4. The Labute approximate surface area is 177 Å². The second-order valence-electron chi connectivity index (χ2n) is 6.67. The molecule has 1 atom stereocenters. The predicted octanol–water partition coefficient (Wildman–Crippen LogP) is 2.59. The van der Waals surface area contributed by atoms with Crippen LogP contribution < -0.4 is 16.2 Å². The lowest BCUT2D eigenvalue weighted by atomic mass is 10.0. The number of nitrogens with one attached hydrogen (secondary N) is 3. The van der Waals surface area contributed by atoms with E-state index in [2.05, 4.69) is 20.6 Å². The molecule has 0 saturated heterocycles. The number of carbonyl (C=O) groups excluding carboxylic acids is 2. The Morgan fingerprint density at radius 3 is 2.77 bits per heavy atom. The minimum Gasteiger partial charge on any atom is -0.464 e. The van der Waals surface area contributed by atoms with E-state index in [4.69, 9.17) is 9.15 Å². The van der Waals surface area contributed by atoms with Crippen LogP contribution in [-0.4, -0.2) is 34.3 Å². The van der Waals surface area contributed by atoms with Gasteiger partial charge in [0.05, 0.1) is 12.2 Å². The first-order valence-corrected chi connectivity index (χ1v) is 10.7. The predicted molar refractivity (Wildman–Crippen MR) is 111 cm³/mol. The van der Waals surface area contributed by atoms with E-state index in [9.17, 15) is 14.4 Å². The molecule has 0 aromatic carbocycles. The molecule has 0 radical (unpaired) electrons. The normalized spacial score (nSPS) is 16.2. The van der Waals surface area contributed by atoms with Gasteiger partial charge in [-0.15, -0.1) is 0 Å². The molecule has 3 N–H and O–H groups in total. The SMILES string of the molecule is CCCc1cc(=O)[nH]c(SCC2=C(C(=O)OCC)C(c3ccc(C)o3)NC(=O)N2)n1. The smallest absolute Gasteiger partial charge is 0.338 e. The highest BCUT2D eigenvalue weighted by Gasteiger charge is 2.35. The number of hydrogen-bond donors (Lipinski definition) is 3. The van der Waals surface area contributed by atoms with Crippen LogP contribution in [0.15, 0.2) is 43.8 Å². The van der Waals surface area contributed by atoms with E-state index in [-0.39, 0.29) is 23.5 Å². The van der Waals surface area contributed by atoms with Crippen molar-refractivity contribution in [2.45, 2.75) is 44.8 Å². The highest BCUT2D eigenvalue weighted by atomic mass is 32.2. The summed E-state index contributed by atoms with van der Waals surface area (Å²) in [5.74, 6) is 0.743. The molecule has 2 amide bonds. The second kappa shape index (κ2) is 9.66. The van der Waals surface area contributed by atoms with E-state index < -0.39 is 18.0 Å². The maximum Gasteiger partial charge on any atom is 0.338 e. The molecular weight excluding hydrogens is 408 g/mol. The number of aromatic amines is 1. The Balaban J connectivity index is 1.94. The molecule has 3 rings (SSSR count). The Hall–Kier alpha value is -3.01. The largest absolute Gasteiger partial charge is 0.464 e. The molecule has 0 bridgehead atoms. The van der Waals surface area contributed by atoms with Crippen LogP contribution >= 0.6 is 11.8 Å². The fourth-order valence-electron chi connectivity index (χ4n) is 3.08. The van der Waals surface area contributed by atoms with Gasteiger partial charge in [-0.05, 0) is 32.4 Å². The summed E-state index contributed by atoms with van der Waals surface area (Å²) in [7, 11) is 0. The molecule has 10 heteroatoms. The van der Waals surface area contributed by atoms with Crippen LogP contribution in [0.5, 0.6) is 0 Å². The van der Waals surface area contributed by atoms with Gasteiger partial charge in [0.15, 0.2) is 5.16 Å². The van der Waals surface area contributed by atoms with Crippen LogP contribution in [0.25, 0.3) is 0 Å². The van der Waals surface area contributed by atoms with Gasteiger partial charge in [-0.2, -0.15) is 0 Å². The Morgan fingerprint density at radius 1 is 1.30 bits per heavy atom. The third-order valence-corrected chi connectivity index (χ3v) is 5.23. The van der Waals surface area contributed by atoms with Crippen molar-refractivity contribution in [3.8, 4) is 0 Å². The molecule has 0 spiro atoms. The minimum atomic E-state index is -0.777. The number of ether oxygens (including phenoxy) is 1. The van der Waals surface area contributed by atoms with E-state index in [1.54, 1.807) is 26.0 Å². The van der Waals surface area contributed by atoms with Gasteiger partial charge in [-0.1, -0.05) is 25.1 Å². The number of amides is 2. The lowest BCUT2D eigenvalue weighted by Gasteiger charge is -2.27. The highest BCUT2D eigenvalue weighted by molar-refractivity contribution is 7.99. The van der Waals surface area contributed by atoms with Crippen LogP contribution in [0.3, 0.4) is 0 Å². The molecule has 30 heavy (non-hydrogen) atoms. The molecule has 0 fully saturated rings. The van der Waals surface area contributed by atoms with Gasteiger partial charge in [0.2, 0.25) is 0 Å². The zero-order valence-corrected chi connectivity index (χ0v) is 17.9. The van der Waals surface area contributed by atoms with Crippen molar-refractivity contribution >= 4 is 23.8 Å². The van der Waals surface area contributed by atoms with Gasteiger partial charge >= 0.3 is 12.0 Å². The van der Waals surface area contributed by atoms with Gasteiger partial charge < -0.3 is 24.8 Å². The van der Waals surface area contributed by atoms with Crippen LogP contribution in [-0.2, 0) is 16.0 Å². The molecule has 9 nitrogen and oxygen atoms in total.